The fraction of sp³-hybridized carbons (Fsp3) is 0.389. The third kappa shape index (κ3) is 3.27. The number of hydrogen-bond donors (Lipinski definition) is 1. The van der Waals surface area contributed by atoms with Crippen molar-refractivity contribution < 1.29 is 17.6 Å². The van der Waals surface area contributed by atoms with Gasteiger partial charge in [-0.15, -0.1) is 0 Å². The van der Waals surface area contributed by atoms with Crippen LogP contribution in [-0.4, -0.2) is 56.8 Å². The summed E-state index contributed by atoms with van der Waals surface area (Å²) in [5.41, 5.74) is 7.60. The Morgan fingerprint density at radius 3 is 2.50 bits per heavy atom. The Morgan fingerprint density at radius 1 is 1.23 bits per heavy atom. The van der Waals surface area contributed by atoms with E-state index in [1.807, 2.05) is 30.3 Å². The van der Waals surface area contributed by atoms with Crippen LogP contribution in [0.5, 0.6) is 0 Å². The molecule has 2 atom stereocenters. The fourth-order valence-corrected chi connectivity index (χ4v) is 4.05. The molecule has 1 aliphatic rings. The van der Waals surface area contributed by atoms with Crippen molar-refractivity contribution in [3.05, 3.63) is 53.3 Å². The predicted octanol–water partition coefficient (Wildman–Crippen LogP) is 1.41. The first kappa shape index (κ1) is 18.6. The lowest BCUT2D eigenvalue weighted by Crippen LogP contribution is -2.32. The van der Waals surface area contributed by atoms with Crippen molar-refractivity contribution in [2.45, 2.75) is 24.0 Å². The second kappa shape index (κ2) is 6.86. The van der Waals surface area contributed by atoms with Gasteiger partial charge in [0.05, 0.1) is 5.56 Å². The Kier molecular flexibility index (Phi) is 4.92. The predicted molar refractivity (Wildman–Crippen MR) is 97.4 cm³/mol. The number of nitrogens with two attached hydrogens (primary N) is 1. The third-order valence-electron chi connectivity index (χ3n) is 4.74. The van der Waals surface area contributed by atoms with E-state index in [1.165, 1.54) is 20.2 Å². The van der Waals surface area contributed by atoms with E-state index in [0.29, 0.717) is 13.1 Å². The van der Waals surface area contributed by atoms with Gasteiger partial charge in [-0.2, -0.15) is 0 Å². The van der Waals surface area contributed by atoms with Gasteiger partial charge in [0.15, 0.2) is 0 Å². The van der Waals surface area contributed by atoms with Gasteiger partial charge in [0.25, 0.3) is 15.9 Å². The number of hydrogen-bond acceptors (Lipinski definition) is 5. The molecule has 1 aromatic heterocycles. The summed E-state index contributed by atoms with van der Waals surface area (Å²) < 4.78 is 30.8. The molecule has 8 heteroatoms. The lowest BCUT2D eigenvalue weighted by molar-refractivity contribution is 0.0787. The van der Waals surface area contributed by atoms with Crippen LogP contribution in [0.25, 0.3) is 0 Å². The topological polar surface area (TPSA) is 96.8 Å². The number of sulfonamides is 1. The second-order valence-corrected chi connectivity index (χ2v) is 8.80. The number of rotatable bonds is 4. The smallest absolute Gasteiger partial charge is 0.275 e. The molecule has 0 bridgehead atoms. The second-order valence-electron chi connectivity index (χ2n) is 6.71. The highest BCUT2D eigenvalue weighted by Crippen LogP contribution is 2.29. The molecular formula is C18H23N3O4S. The monoisotopic (exact) mass is 377 g/mol. The highest BCUT2D eigenvalue weighted by Gasteiger charge is 2.36. The normalized spacial score (nSPS) is 20.7. The quantitative estimate of drug-likeness (QED) is 0.869. The summed E-state index contributed by atoms with van der Waals surface area (Å²) in [7, 11) is -0.898. The Balaban J connectivity index is 1.84. The van der Waals surface area contributed by atoms with E-state index in [2.05, 4.69) is 0 Å². The number of carbonyl (C=O) groups excluding carboxylic acids is 1. The summed E-state index contributed by atoms with van der Waals surface area (Å²) >= 11 is 0. The maximum absolute atomic E-state index is 12.9. The maximum atomic E-state index is 12.9. The van der Waals surface area contributed by atoms with Gasteiger partial charge in [-0.05, 0) is 12.5 Å². The summed E-state index contributed by atoms with van der Waals surface area (Å²) in [6, 6.07) is 11.0. The number of likely N-dealkylation sites (tertiary alicyclic amines) is 1. The van der Waals surface area contributed by atoms with E-state index >= 15 is 0 Å². The Bertz CT molecular complexity index is 906. The van der Waals surface area contributed by atoms with Crippen molar-refractivity contribution >= 4 is 15.9 Å². The van der Waals surface area contributed by atoms with E-state index in [0.717, 1.165) is 9.87 Å². The average Bonchev–Trinajstić information content (AvgIpc) is 3.18. The van der Waals surface area contributed by atoms with Crippen LogP contribution in [0, 0.1) is 6.92 Å². The van der Waals surface area contributed by atoms with Crippen molar-refractivity contribution in [3.63, 3.8) is 0 Å². The van der Waals surface area contributed by atoms with Gasteiger partial charge >= 0.3 is 0 Å². The molecule has 0 saturated carbocycles. The third-order valence-corrected chi connectivity index (χ3v) is 6.41. The van der Waals surface area contributed by atoms with E-state index < -0.39 is 10.0 Å². The van der Waals surface area contributed by atoms with E-state index in [1.54, 1.807) is 11.8 Å². The first-order chi connectivity index (χ1) is 12.2. The van der Waals surface area contributed by atoms with Crippen LogP contribution in [0.4, 0.5) is 0 Å². The van der Waals surface area contributed by atoms with Gasteiger partial charge in [-0.1, -0.05) is 30.3 Å². The van der Waals surface area contributed by atoms with Crippen molar-refractivity contribution in [1.82, 2.24) is 9.21 Å². The van der Waals surface area contributed by atoms with Crippen LogP contribution in [-0.2, 0) is 10.0 Å². The molecule has 0 aliphatic carbocycles. The van der Waals surface area contributed by atoms with Crippen LogP contribution in [0.3, 0.4) is 0 Å². The van der Waals surface area contributed by atoms with Gasteiger partial charge in [0.2, 0.25) is 5.09 Å². The summed E-state index contributed by atoms with van der Waals surface area (Å²) in [5, 5.41) is -0.230. The molecule has 140 valence electrons. The molecular weight excluding hydrogens is 354 g/mol. The molecule has 1 fully saturated rings. The lowest BCUT2D eigenvalue weighted by Gasteiger charge is -2.16. The minimum absolute atomic E-state index is 0.0531. The number of amides is 1. The molecule has 3 rings (SSSR count). The van der Waals surface area contributed by atoms with E-state index in [9.17, 15) is 13.2 Å². The molecule has 0 unspecified atom stereocenters. The zero-order chi connectivity index (χ0) is 19.1. The molecule has 0 radical (unpaired) electrons. The molecule has 0 spiro atoms. The highest BCUT2D eigenvalue weighted by molar-refractivity contribution is 7.88. The Morgan fingerprint density at radius 2 is 1.88 bits per heavy atom. The molecule has 7 nitrogen and oxygen atoms in total. The van der Waals surface area contributed by atoms with Gasteiger partial charge in [-0.3, -0.25) is 4.79 Å². The average molecular weight is 377 g/mol. The molecule has 1 amide bonds. The minimum Gasteiger partial charge on any atom is -0.448 e. The molecule has 2 heterocycles. The van der Waals surface area contributed by atoms with Crippen LogP contribution in [0.15, 0.2) is 45.9 Å². The number of carbonyl (C=O) groups is 1. The number of aryl methyl sites for hydroxylation is 1. The molecule has 1 saturated heterocycles. The van der Waals surface area contributed by atoms with Crippen LogP contribution in [0.2, 0.25) is 0 Å². The zero-order valence-corrected chi connectivity index (χ0v) is 15.9. The van der Waals surface area contributed by atoms with Gasteiger partial charge in [0.1, 0.15) is 5.76 Å². The SMILES string of the molecule is Cc1oc(S(=O)(=O)N(C)C)cc1C(=O)N1C[C@@H](N)[C@H](c2ccccc2)C1. The number of benzene rings is 1. The summed E-state index contributed by atoms with van der Waals surface area (Å²) in [6.07, 6.45) is 0. The molecule has 2 aromatic rings. The first-order valence-electron chi connectivity index (χ1n) is 8.34. The first-order valence-corrected chi connectivity index (χ1v) is 9.78. The largest absolute Gasteiger partial charge is 0.448 e. The fourth-order valence-electron chi connectivity index (χ4n) is 3.19. The van der Waals surface area contributed by atoms with Gasteiger partial charge < -0.3 is 15.1 Å². The van der Waals surface area contributed by atoms with Crippen molar-refractivity contribution in [3.8, 4) is 0 Å². The Labute approximate surface area is 153 Å². The summed E-state index contributed by atoms with van der Waals surface area (Å²) in [4.78, 5) is 14.6. The lowest BCUT2D eigenvalue weighted by atomic mass is 9.95. The van der Waals surface area contributed by atoms with Gasteiger partial charge in [0, 0.05) is 45.2 Å². The van der Waals surface area contributed by atoms with Crippen LogP contribution in [0.1, 0.15) is 27.6 Å². The van der Waals surface area contributed by atoms with Crippen molar-refractivity contribution in [2.24, 2.45) is 5.73 Å². The Hall–Kier alpha value is -2.16. The standard InChI is InChI=1S/C18H23N3O4S/c1-12-14(9-17(25-12)26(23,24)20(2)3)18(22)21-10-15(16(19)11-21)13-7-5-4-6-8-13/h4-9,15-16H,10-11,19H2,1-3H3/t15-,16+/m0/s1. The van der Waals surface area contributed by atoms with E-state index in [-0.39, 0.29) is 34.3 Å². The van der Waals surface area contributed by atoms with Crippen molar-refractivity contribution in [1.29, 1.82) is 0 Å². The molecule has 1 aromatic carbocycles. The van der Waals surface area contributed by atoms with Crippen molar-refractivity contribution in [2.75, 3.05) is 27.2 Å². The van der Waals surface area contributed by atoms with E-state index in [4.69, 9.17) is 10.2 Å². The maximum Gasteiger partial charge on any atom is 0.275 e. The zero-order valence-electron chi connectivity index (χ0n) is 15.0. The molecule has 26 heavy (non-hydrogen) atoms. The highest BCUT2D eigenvalue weighted by atomic mass is 32.2. The summed E-state index contributed by atoms with van der Waals surface area (Å²) in [6.45, 7) is 2.50. The number of furan rings is 1. The summed E-state index contributed by atoms with van der Waals surface area (Å²) in [5.74, 6) is 0.0739. The molecule has 1 aliphatic heterocycles. The van der Waals surface area contributed by atoms with Crippen LogP contribution < -0.4 is 5.73 Å². The molecule has 2 N–H and O–H groups in total. The minimum atomic E-state index is -3.73. The van der Waals surface area contributed by atoms with Crippen LogP contribution >= 0.6 is 0 Å². The van der Waals surface area contributed by atoms with Gasteiger partial charge in [-0.25, -0.2) is 12.7 Å². The number of nitrogens with zero attached hydrogens (tertiary/aromatic N) is 2.